The van der Waals surface area contributed by atoms with Crippen molar-refractivity contribution in [2.45, 2.75) is 25.2 Å². The van der Waals surface area contributed by atoms with Gasteiger partial charge >= 0.3 is 12.1 Å². The summed E-state index contributed by atoms with van der Waals surface area (Å²) in [6.45, 7) is 0.955. The van der Waals surface area contributed by atoms with Crippen molar-refractivity contribution in [3.8, 4) is 11.1 Å². The normalized spacial score (nSPS) is 14.0. The molecule has 3 aromatic rings. The quantitative estimate of drug-likeness (QED) is 0.549. The van der Waals surface area contributed by atoms with E-state index in [-0.39, 0.29) is 37.0 Å². The number of alkyl carbamates (subject to hydrolysis) is 1. The van der Waals surface area contributed by atoms with Crippen LogP contribution in [0.3, 0.4) is 0 Å². The Morgan fingerprint density at radius 1 is 0.971 bits per heavy atom. The van der Waals surface area contributed by atoms with Crippen LogP contribution in [0.1, 0.15) is 45.8 Å². The summed E-state index contributed by atoms with van der Waals surface area (Å²) in [4.78, 5) is 38.1. The van der Waals surface area contributed by atoms with Crippen molar-refractivity contribution in [3.05, 3.63) is 89.0 Å². The van der Waals surface area contributed by atoms with Gasteiger partial charge in [0.1, 0.15) is 6.61 Å². The Kier molecular flexibility index (Phi) is 6.23. The molecule has 0 radical (unpaired) electrons. The first-order valence-corrected chi connectivity index (χ1v) is 11.8. The molecule has 0 atom stereocenters. The number of nitrogens with zero attached hydrogens (tertiary/aromatic N) is 1. The van der Waals surface area contributed by atoms with E-state index in [1.54, 1.807) is 17.0 Å². The van der Waals surface area contributed by atoms with Crippen LogP contribution < -0.4 is 10.2 Å². The van der Waals surface area contributed by atoms with Gasteiger partial charge < -0.3 is 20.1 Å². The third-order valence-corrected chi connectivity index (χ3v) is 6.70. The van der Waals surface area contributed by atoms with Gasteiger partial charge in [0, 0.05) is 31.1 Å². The van der Waals surface area contributed by atoms with Crippen molar-refractivity contribution in [2.75, 3.05) is 24.6 Å². The second-order valence-electron chi connectivity index (χ2n) is 8.80. The van der Waals surface area contributed by atoms with E-state index in [9.17, 15) is 19.5 Å². The summed E-state index contributed by atoms with van der Waals surface area (Å²) in [5.41, 5.74) is 6.44. The summed E-state index contributed by atoms with van der Waals surface area (Å²) < 4.78 is 5.53. The number of carboxylic acid groups (broad SMARTS) is 1. The van der Waals surface area contributed by atoms with E-state index in [1.807, 2.05) is 24.3 Å². The lowest BCUT2D eigenvalue weighted by atomic mass is 9.98. The van der Waals surface area contributed by atoms with E-state index < -0.39 is 12.1 Å². The third kappa shape index (κ3) is 4.49. The number of aryl methyl sites for hydroxylation is 1. The summed E-state index contributed by atoms with van der Waals surface area (Å²) >= 11 is 0. The van der Waals surface area contributed by atoms with Gasteiger partial charge in [-0.05, 0) is 58.9 Å². The van der Waals surface area contributed by atoms with Gasteiger partial charge in [-0.25, -0.2) is 9.59 Å². The van der Waals surface area contributed by atoms with Crippen molar-refractivity contribution in [3.63, 3.8) is 0 Å². The second-order valence-corrected chi connectivity index (χ2v) is 8.80. The first-order valence-electron chi connectivity index (χ1n) is 11.8. The largest absolute Gasteiger partial charge is 0.478 e. The standard InChI is InChI=1S/C28H26N2O5/c31-26(30-15-5-6-18-16-19(27(32)33)11-12-25(18)30)13-14-29-28(34)35-17-24-22-9-3-1-7-20(22)21-8-2-4-10-23(21)24/h1-4,7-12,16,24H,5-6,13-15,17H2,(H,29,34)(H,32,33). The van der Waals surface area contributed by atoms with Crippen LogP contribution in [0.4, 0.5) is 10.5 Å². The molecule has 1 aliphatic carbocycles. The molecule has 0 saturated carbocycles. The Bertz CT molecular complexity index is 1260. The molecule has 178 valence electrons. The Morgan fingerprint density at radius 2 is 1.66 bits per heavy atom. The number of carbonyl (C=O) groups excluding carboxylic acids is 2. The molecule has 0 saturated heterocycles. The third-order valence-electron chi connectivity index (χ3n) is 6.70. The first kappa shape index (κ1) is 22.7. The number of anilines is 1. The number of benzene rings is 3. The van der Waals surface area contributed by atoms with E-state index in [4.69, 9.17) is 4.74 Å². The fourth-order valence-corrected chi connectivity index (χ4v) is 5.05. The Balaban J connectivity index is 1.15. The summed E-state index contributed by atoms with van der Waals surface area (Å²) in [5.74, 6) is -1.12. The van der Waals surface area contributed by atoms with Crippen LogP contribution in [0.15, 0.2) is 66.7 Å². The van der Waals surface area contributed by atoms with E-state index in [1.165, 1.54) is 17.2 Å². The van der Waals surface area contributed by atoms with E-state index in [0.29, 0.717) is 6.54 Å². The molecule has 1 heterocycles. The number of hydrogen-bond acceptors (Lipinski definition) is 4. The molecule has 0 unspecified atom stereocenters. The Labute approximate surface area is 203 Å². The van der Waals surface area contributed by atoms with Crippen LogP contribution in [0.25, 0.3) is 11.1 Å². The highest BCUT2D eigenvalue weighted by molar-refractivity contribution is 5.96. The monoisotopic (exact) mass is 470 g/mol. The number of carbonyl (C=O) groups is 3. The van der Waals surface area contributed by atoms with Crippen molar-refractivity contribution >= 4 is 23.7 Å². The number of amides is 2. The molecular formula is C28H26N2O5. The molecule has 7 heteroatoms. The van der Waals surface area contributed by atoms with E-state index in [0.717, 1.165) is 35.2 Å². The summed E-state index contributed by atoms with van der Waals surface area (Å²) in [6.07, 6.45) is 1.08. The molecular weight excluding hydrogens is 444 g/mol. The molecule has 3 aromatic carbocycles. The number of rotatable bonds is 6. The number of carboxylic acids is 1. The topological polar surface area (TPSA) is 95.9 Å². The van der Waals surface area contributed by atoms with Crippen LogP contribution in [-0.2, 0) is 16.0 Å². The lowest BCUT2D eigenvalue weighted by Crippen LogP contribution is -2.38. The molecule has 0 fully saturated rings. The molecule has 35 heavy (non-hydrogen) atoms. The summed E-state index contributed by atoms with van der Waals surface area (Å²) in [5, 5.41) is 11.9. The lowest BCUT2D eigenvalue weighted by molar-refractivity contribution is -0.118. The predicted octanol–water partition coefficient (Wildman–Crippen LogP) is 4.59. The fourth-order valence-electron chi connectivity index (χ4n) is 5.05. The fraction of sp³-hybridized carbons (Fsp3) is 0.250. The number of ether oxygens (including phenoxy) is 1. The van der Waals surface area contributed by atoms with Crippen LogP contribution in [0.5, 0.6) is 0 Å². The summed E-state index contributed by atoms with van der Waals surface area (Å²) in [6, 6.07) is 21.1. The van der Waals surface area contributed by atoms with Gasteiger partial charge in [-0.1, -0.05) is 48.5 Å². The zero-order valence-electron chi connectivity index (χ0n) is 19.2. The number of fused-ring (bicyclic) bond motifs is 4. The minimum Gasteiger partial charge on any atom is -0.478 e. The van der Waals surface area contributed by atoms with Crippen LogP contribution in [-0.4, -0.2) is 42.8 Å². The van der Waals surface area contributed by atoms with Gasteiger partial charge in [0.05, 0.1) is 5.56 Å². The van der Waals surface area contributed by atoms with E-state index in [2.05, 4.69) is 29.6 Å². The molecule has 2 N–H and O–H groups in total. The van der Waals surface area contributed by atoms with Crippen molar-refractivity contribution in [2.24, 2.45) is 0 Å². The van der Waals surface area contributed by atoms with Gasteiger partial charge in [-0.15, -0.1) is 0 Å². The molecule has 1 aliphatic heterocycles. The number of hydrogen-bond donors (Lipinski definition) is 2. The van der Waals surface area contributed by atoms with Crippen LogP contribution in [0, 0.1) is 0 Å². The van der Waals surface area contributed by atoms with Gasteiger partial charge in [0.25, 0.3) is 0 Å². The minimum absolute atomic E-state index is 0.0182. The van der Waals surface area contributed by atoms with Gasteiger partial charge in [0.2, 0.25) is 5.91 Å². The summed E-state index contributed by atoms with van der Waals surface area (Å²) in [7, 11) is 0. The highest BCUT2D eigenvalue weighted by Crippen LogP contribution is 2.44. The minimum atomic E-state index is -0.983. The average molecular weight is 471 g/mol. The molecule has 5 rings (SSSR count). The van der Waals surface area contributed by atoms with Crippen molar-refractivity contribution < 1.29 is 24.2 Å². The zero-order chi connectivity index (χ0) is 24.4. The maximum atomic E-state index is 12.8. The van der Waals surface area contributed by atoms with E-state index >= 15 is 0 Å². The molecule has 2 aliphatic rings. The molecule has 0 spiro atoms. The van der Waals surface area contributed by atoms with Crippen LogP contribution in [0.2, 0.25) is 0 Å². The zero-order valence-corrected chi connectivity index (χ0v) is 19.2. The molecule has 0 bridgehead atoms. The van der Waals surface area contributed by atoms with Crippen LogP contribution >= 0.6 is 0 Å². The average Bonchev–Trinajstić information content (AvgIpc) is 3.20. The Morgan fingerprint density at radius 3 is 2.34 bits per heavy atom. The maximum absolute atomic E-state index is 12.8. The maximum Gasteiger partial charge on any atom is 0.407 e. The Hall–Kier alpha value is -4.13. The van der Waals surface area contributed by atoms with Gasteiger partial charge in [-0.3, -0.25) is 4.79 Å². The predicted molar refractivity (Wildman–Crippen MR) is 132 cm³/mol. The lowest BCUT2D eigenvalue weighted by Gasteiger charge is -2.29. The first-order chi connectivity index (χ1) is 17.0. The smallest absolute Gasteiger partial charge is 0.407 e. The number of nitrogens with one attached hydrogen (secondary N) is 1. The van der Waals surface area contributed by atoms with Crippen molar-refractivity contribution in [1.82, 2.24) is 5.32 Å². The number of aromatic carboxylic acids is 1. The van der Waals surface area contributed by atoms with Gasteiger partial charge in [-0.2, -0.15) is 0 Å². The molecule has 0 aromatic heterocycles. The second kappa shape index (κ2) is 9.62. The molecule has 7 nitrogen and oxygen atoms in total. The SMILES string of the molecule is O=C(NCCC(=O)N1CCCc2cc(C(=O)O)ccc21)OCC1c2ccccc2-c2ccccc21. The highest BCUT2D eigenvalue weighted by atomic mass is 16.5. The molecule has 2 amide bonds. The van der Waals surface area contributed by atoms with Crippen molar-refractivity contribution in [1.29, 1.82) is 0 Å². The highest BCUT2D eigenvalue weighted by Gasteiger charge is 2.29. The van der Waals surface area contributed by atoms with Gasteiger partial charge in [0.15, 0.2) is 0 Å².